The van der Waals surface area contributed by atoms with Crippen molar-refractivity contribution in [3.63, 3.8) is 0 Å². The summed E-state index contributed by atoms with van der Waals surface area (Å²) in [5.41, 5.74) is 6.55. The van der Waals surface area contributed by atoms with Crippen molar-refractivity contribution in [3.05, 3.63) is 23.8 Å². The zero-order valence-electron chi connectivity index (χ0n) is 11.1. The van der Waals surface area contributed by atoms with Gasteiger partial charge in [-0.1, -0.05) is 6.07 Å². The molecule has 1 aliphatic carbocycles. The SMILES string of the molecule is COc1cc(CN)ccc1OCCC(=O)NC1CC1. The number of hydrogen-bond donors (Lipinski definition) is 2. The van der Waals surface area contributed by atoms with E-state index in [2.05, 4.69) is 5.32 Å². The Morgan fingerprint density at radius 3 is 2.84 bits per heavy atom. The van der Waals surface area contributed by atoms with E-state index in [9.17, 15) is 4.79 Å². The lowest BCUT2D eigenvalue weighted by Gasteiger charge is -2.11. The molecule has 0 aliphatic heterocycles. The topological polar surface area (TPSA) is 73.6 Å². The van der Waals surface area contributed by atoms with Gasteiger partial charge in [-0.2, -0.15) is 0 Å². The predicted octanol–water partition coefficient (Wildman–Crippen LogP) is 1.20. The van der Waals surface area contributed by atoms with Crippen molar-refractivity contribution in [1.29, 1.82) is 0 Å². The van der Waals surface area contributed by atoms with Crippen molar-refractivity contribution in [2.24, 2.45) is 5.73 Å². The molecule has 0 unspecified atom stereocenters. The first-order chi connectivity index (χ1) is 9.22. The second-order valence-corrected chi connectivity index (χ2v) is 4.63. The lowest BCUT2D eigenvalue weighted by Crippen LogP contribution is -2.26. The molecule has 3 N–H and O–H groups in total. The van der Waals surface area contributed by atoms with Crippen LogP contribution in [-0.2, 0) is 11.3 Å². The van der Waals surface area contributed by atoms with Gasteiger partial charge in [0, 0.05) is 12.6 Å². The zero-order valence-corrected chi connectivity index (χ0v) is 11.1. The van der Waals surface area contributed by atoms with Crippen LogP contribution in [0.15, 0.2) is 18.2 Å². The molecule has 0 saturated heterocycles. The molecule has 0 heterocycles. The van der Waals surface area contributed by atoms with Crippen LogP contribution in [0.25, 0.3) is 0 Å². The van der Waals surface area contributed by atoms with Gasteiger partial charge in [0.2, 0.25) is 5.91 Å². The van der Waals surface area contributed by atoms with E-state index >= 15 is 0 Å². The number of nitrogens with two attached hydrogens (primary N) is 1. The van der Waals surface area contributed by atoms with Crippen molar-refractivity contribution >= 4 is 5.91 Å². The highest BCUT2D eigenvalue weighted by Gasteiger charge is 2.22. The van der Waals surface area contributed by atoms with Gasteiger partial charge in [0.05, 0.1) is 20.1 Å². The summed E-state index contributed by atoms with van der Waals surface area (Å²) >= 11 is 0. The van der Waals surface area contributed by atoms with Gasteiger partial charge in [-0.3, -0.25) is 4.79 Å². The highest BCUT2D eigenvalue weighted by Crippen LogP contribution is 2.28. The fraction of sp³-hybridized carbons (Fsp3) is 0.500. The Morgan fingerprint density at radius 2 is 2.21 bits per heavy atom. The summed E-state index contributed by atoms with van der Waals surface area (Å²) in [6.45, 7) is 0.803. The number of amides is 1. The number of carbonyl (C=O) groups excluding carboxylic acids is 1. The summed E-state index contributed by atoms with van der Waals surface area (Å²) in [7, 11) is 1.59. The van der Waals surface area contributed by atoms with Crippen molar-refractivity contribution in [1.82, 2.24) is 5.32 Å². The molecule has 1 amide bonds. The highest BCUT2D eigenvalue weighted by atomic mass is 16.5. The maximum atomic E-state index is 11.5. The second-order valence-electron chi connectivity index (χ2n) is 4.63. The van der Waals surface area contributed by atoms with Gasteiger partial charge in [0.1, 0.15) is 0 Å². The smallest absolute Gasteiger partial charge is 0.223 e. The number of carbonyl (C=O) groups is 1. The average Bonchev–Trinajstić information content (AvgIpc) is 3.22. The molecule has 1 fully saturated rings. The van der Waals surface area contributed by atoms with Crippen LogP contribution in [0.3, 0.4) is 0 Å². The summed E-state index contributed by atoms with van der Waals surface area (Å²) in [6, 6.07) is 5.95. The van der Waals surface area contributed by atoms with E-state index < -0.39 is 0 Å². The lowest BCUT2D eigenvalue weighted by molar-refractivity contribution is -0.121. The third-order valence-electron chi connectivity index (χ3n) is 2.99. The van der Waals surface area contributed by atoms with Gasteiger partial charge < -0.3 is 20.5 Å². The molecule has 5 nitrogen and oxygen atoms in total. The fourth-order valence-corrected chi connectivity index (χ4v) is 1.74. The standard InChI is InChI=1S/C14H20N2O3/c1-18-13-8-10(9-15)2-5-12(13)19-7-6-14(17)16-11-3-4-11/h2,5,8,11H,3-4,6-7,9,15H2,1H3,(H,16,17). The van der Waals surface area contributed by atoms with Crippen LogP contribution < -0.4 is 20.5 Å². The number of nitrogens with one attached hydrogen (secondary N) is 1. The van der Waals surface area contributed by atoms with E-state index in [-0.39, 0.29) is 5.91 Å². The molecule has 1 aliphatic rings. The Morgan fingerprint density at radius 1 is 1.42 bits per heavy atom. The number of rotatable bonds is 7. The highest BCUT2D eigenvalue weighted by molar-refractivity contribution is 5.76. The second kappa shape index (κ2) is 6.43. The lowest BCUT2D eigenvalue weighted by atomic mass is 10.2. The first-order valence-electron chi connectivity index (χ1n) is 6.52. The molecule has 0 atom stereocenters. The van der Waals surface area contributed by atoms with Gasteiger partial charge >= 0.3 is 0 Å². The quantitative estimate of drug-likeness (QED) is 0.776. The molecule has 1 aromatic rings. The predicted molar refractivity (Wildman–Crippen MR) is 72.2 cm³/mol. The molecule has 1 aromatic carbocycles. The first kappa shape index (κ1) is 13.7. The van der Waals surface area contributed by atoms with Crippen molar-refractivity contribution in [2.75, 3.05) is 13.7 Å². The summed E-state index contributed by atoms with van der Waals surface area (Å²) in [4.78, 5) is 11.5. The minimum absolute atomic E-state index is 0.0417. The Labute approximate surface area is 113 Å². The van der Waals surface area contributed by atoms with Crippen molar-refractivity contribution < 1.29 is 14.3 Å². The van der Waals surface area contributed by atoms with E-state index in [4.69, 9.17) is 15.2 Å². The first-order valence-corrected chi connectivity index (χ1v) is 6.52. The molecule has 0 aromatic heterocycles. The fourth-order valence-electron chi connectivity index (χ4n) is 1.74. The number of benzene rings is 1. The molecule has 0 bridgehead atoms. The van der Waals surface area contributed by atoms with Crippen LogP contribution >= 0.6 is 0 Å². The average molecular weight is 264 g/mol. The Kier molecular flexibility index (Phi) is 4.63. The van der Waals surface area contributed by atoms with E-state index in [1.807, 2.05) is 18.2 Å². The summed E-state index contributed by atoms with van der Waals surface area (Å²) in [6.07, 6.45) is 2.56. The van der Waals surface area contributed by atoms with Gasteiger partial charge in [0.15, 0.2) is 11.5 Å². The van der Waals surface area contributed by atoms with Crippen LogP contribution in [0.2, 0.25) is 0 Å². The van der Waals surface area contributed by atoms with Crippen LogP contribution in [0.4, 0.5) is 0 Å². The van der Waals surface area contributed by atoms with Crippen LogP contribution in [0.5, 0.6) is 11.5 Å². The van der Waals surface area contributed by atoms with Gasteiger partial charge in [-0.25, -0.2) is 0 Å². The van der Waals surface area contributed by atoms with Crippen LogP contribution in [0, 0.1) is 0 Å². The third kappa shape index (κ3) is 4.13. The maximum absolute atomic E-state index is 11.5. The van der Waals surface area contributed by atoms with Gasteiger partial charge in [-0.15, -0.1) is 0 Å². The molecule has 2 rings (SSSR count). The van der Waals surface area contributed by atoms with Crippen molar-refractivity contribution in [3.8, 4) is 11.5 Å². The molecular weight excluding hydrogens is 244 g/mol. The Hall–Kier alpha value is -1.75. The monoisotopic (exact) mass is 264 g/mol. The summed E-state index contributed by atoms with van der Waals surface area (Å²) in [5, 5.41) is 2.92. The molecule has 104 valence electrons. The summed E-state index contributed by atoms with van der Waals surface area (Å²) < 4.78 is 10.8. The molecule has 19 heavy (non-hydrogen) atoms. The van der Waals surface area contributed by atoms with Crippen molar-refractivity contribution in [2.45, 2.75) is 31.8 Å². The largest absolute Gasteiger partial charge is 0.493 e. The van der Waals surface area contributed by atoms with Gasteiger partial charge in [0.25, 0.3) is 0 Å². The zero-order chi connectivity index (χ0) is 13.7. The minimum Gasteiger partial charge on any atom is -0.493 e. The van der Waals surface area contributed by atoms with Gasteiger partial charge in [-0.05, 0) is 30.5 Å². The summed E-state index contributed by atoms with van der Waals surface area (Å²) in [5.74, 6) is 1.32. The van der Waals surface area contributed by atoms with Crippen LogP contribution in [0.1, 0.15) is 24.8 Å². The van der Waals surface area contributed by atoms with E-state index in [1.165, 1.54) is 0 Å². The third-order valence-corrected chi connectivity index (χ3v) is 2.99. The molecular formula is C14H20N2O3. The van der Waals surface area contributed by atoms with E-state index in [0.717, 1.165) is 18.4 Å². The number of hydrogen-bond acceptors (Lipinski definition) is 4. The molecule has 0 spiro atoms. The normalized spacial score (nSPS) is 14.0. The minimum atomic E-state index is 0.0417. The number of methoxy groups -OCH3 is 1. The molecule has 5 heteroatoms. The van der Waals surface area contributed by atoms with E-state index in [1.54, 1.807) is 7.11 Å². The Balaban J connectivity index is 1.82. The number of ether oxygens (including phenoxy) is 2. The molecule has 1 saturated carbocycles. The van der Waals surface area contributed by atoms with E-state index in [0.29, 0.717) is 37.1 Å². The molecule has 0 radical (unpaired) electrons. The maximum Gasteiger partial charge on any atom is 0.223 e. The van der Waals surface area contributed by atoms with Crippen LogP contribution in [-0.4, -0.2) is 25.7 Å². The Bertz CT molecular complexity index is 444.